The molecule has 0 bridgehead atoms. The van der Waals surface area contributed by atoms with Crippen LogP contribution in [0.1, 0.15) is 51.0 Å². The average molecular weight is 378 g/mol. The van der Waals surface area contributed by atoms with Gasteiger partial charge in [0, 0.05) is 5.56 Å². The van der Waals surface area contributed by atoms with Crippen LogP contribution in [0.15, 0.2) is 23.1 Å². The third kappa shape index (κ3) is 4.29. The molecule has 1 saturated carbocycles. The predicted molar refractivity (Wildman–Crippen MR) is 100 cm³/mol. The summed E-state index contributed by atoms with van der Waals surface area (Å²) in [5.41, 5.74) is 1.87. The van der Waals surface area contributed by atoms with Crippen molar-refractivity contribution in [2.24, 2.45) is 5.92 Å². The number of tetrazole rings is 1. The summed E-state index contributed by atoms with van der Waals surface area (Å²) in [5.74, 6) is 1.14. The molecule has 26 heavy (non-hydrogen) atoms. The Hall–Kier alpha value is -1.80. The van der Waals surface area contributed by atoms with E-state index in [1.807, 2.05) is 6.07 Å². The third-order valence-corrected chi connectivity index (χ3v) is 6.42. The largest absolute Gasteiger partial charge is 0.240 e. The molecule has 1 aliphatic carbocycles. The standard InChI is InChI=1S/C18H27N5O2S/c1-3-11-23-21-18(20-22-23)17-13-16(26(24,25)19-2)10-9-15(17)12-14-7-5-4-6-8-14/h9-10,13-14,19H,3-8,11-12H2,1-2H3. The van der Waals surface area contributed by atoms with Crippen LogP contribution < -0.4 is 4.72 Å². The summed E-state index contributed by atoms with van der Waals surface area (Å²) in [6, 6.07) is 5.26. The van der Waals surface area contributed by atoms with Gasteiger partial charge in [-0.05, 0) is 48.7 Å². The van der Waals surface area contributed by atoms with E-state index in [-0.39, 0.29) is 4.90 Å². The molecule has 0 saturated heterocycles. The highest BCUT2D eigenvalue weighted by Crippen LogP contribution is 2.31. The molecule has 0 atom stereocenters. The van der Waals surface area contributed by atoms with Gasteiger partial charge in [0.2, 0.25) is 15.8 Å². The number of sulfonamides is 1. The molecule has 2 aromatic rings. The minimum Gasteiger partial charge on any atom is -0.214 e. The summed E-state index contributed by atoms with van der Waals surface area (Å²) in [7, 11) is -2.10. The summed E-state index contributed by atoms with van der Waals surface area (Å²) >= 11 is 0. The SMILES string of the molecule is CCCn1nnc(-c2cc(S(=O)(=O)NC)ccc2CC2CCCCC2)n1. The van der Waals surface area contributed by atoms with Crippen LogP contribution in [0.3, 0.4) is 0 Å². The maximum absolute atomic E-state index is 12.2. The number of aromatic nitrogens is 4. The molecule has 1 aliphatic rings. The lowest BCUT2D eigenvalue weighted by molar-refractivity contribution is 0.357. The molecule has 1 aromatic carbocycles. The van der Waals surface area contributed by atoms with Crippen LogP contribution in [-0.4, -0.2) is 35.7 Å². The summed E-state index contributed by atoms with van der Waals surface area (Å²) in [6.45, 7) is 2.75. The van der Waals surface area contributed by atoms with E-state index in [1.54, 1.807) is 16.9 Å². The van der Waals surface area contributed by atoms with E-state index in [2.05, 4.69) is 27.1 Å². The first-order chi connectivity index (χ1) is 12.5. The lowest BCUT2D eigenvalue weighted by Crippen LogP contribution is -2.19. The maximum atomic E-state index is 12.2. The van der Waals surface area contributed by atoms with E-state index in [0.717, 1.165) is 24.0 Å². The lowest BCUT2D eigenvalue weighted by atomic mass is 9.84. The van der Waals surface area contributed by atoms with Gasteiger partial charge in [-0.2, -0.15) is 4.80 Å². The van der Waals surface area contributed by atoms with Crippen molar-refractivity contribution < 1.29 is 8.42 Å². The highest BCUT2D eigenvalue weighted by molar-refractivity contribution is 7.89. The number of hydrogen-bond acceptors (Lipinski definition) is 5. The quantitative estimate of drug-likeness (QED) is 0.801. The second-order valence-corrected chi connectivity index (χ2v) is 8.83. The molecule has 0 aliphatic heterocycles. The van der Waals surface area contributed by atoms with Crippen LogP contribution in [0.25, 0.3) is 11.4 Å². The molecule has 3 rings (SSSR count). The summed E-state index contributed by atoms with van der Waals surface area (Å²) in [5, 5.41) is 12.7. The van der Waals surface area contributed by atoms with Crippen LogP contribution in [0.5, 0.6) is 0 Å². The van der Waals surface area contributed by atoms with Crippen LogP contribution in [0, 0.1) is 5.92 Å². The molecule has 0 radical (unpaired) electrons. The van der Waals surface area contributed by atoms with E-state index >= 15 is 0 Å². The molecular formula is C18H27N5O2S. The fourth-order valence-electron chi connectivity index (χ4n) is 3.57. The Kier molecular flexibility index (Phi) is 6.03. The zero-order valence-electron chi connectivity index (χ0n) is 15.5. The van der Waals surface area contributed by atoms with Gasteiger partial charge < -0.3 is 0 Å². The third-order valence-electron chi connectivity index (χ3n) is 5.01. The van der Waals surface area contributed by atoms with E-state index in [4.69, 9.17) is 0 Å². The van der Waals surface area contributed by atoms with E-state index in [0.29, 0.717) is 18.3 Å². The smallest absolute Gasteiger partial charge is 0.214 e. The van der Waals surface area contributed by atoms with E-state index < -0.39 is 10.0 Å². The van der Waals surface area contributed by atoms with Crippen LogP contribution in [-0.2, 0) is 23.0 Å². The van der Waals surface area contributed by atoms with Gasteiger partial charge in [-0.25, -0.2) is 13.1 Å². The van der Waals surface area contributed by atoms with Crippen molar-refractivity contribution in [1.29, 1.82) is 0 Å². The maximum Gasteiger partial charge on any atom is 0.240 e. The van der Waals surface area contributed by atoms with Crippen molar-refractivity contribution in [2.45, 2.75) is 63.3 Å². The fraction of sp³-hybridized carbons (Fsp3) is 0.611. The second-order valence-electron chi connectivity index (χ2n) is 6.94. The predicted octanol–water partition coefficient (Wildman–Crippen LogP) is 2.78. The first kappa shape index (κ1) is 19.0. The van der Waals surface area contributed by atoms with Crippen molar-refractivity contribution in [3.05, 3.63) is 23.8 Å². The first-order valence-electron chi connectivity index (χ1n) is 9.38. The molecule has 0 amide bonds. The summed E-state index contributed by atoms with van der Waals surface area (Å²) < 4.78 is 26.8. The topological polar surface area (TPSA) is 89.8 Å². The Morgan fingerprint density at radius 3 is 2.69 bits per heavy atom. The van der Waals surface area contributed by atoms with E-state index in [9.17, 15) is 8.42 Å². The van der Waals surface area contributed by atoms with Gasteiger partial charge in [0.05, 0.1) is 11.4 Å². The lowest BCUT2D eigenvalue weighted by Gasteiger charge is -2.22. The first-order valence-corrected chi connectivity index (χ1v) is 10.9. The number of benzene rings is 1. The Bertz CT molecular complexity index is 841. The molecular weight excluding hydrogens is 350 g/mol. The molecule has 0 spiro atoms. The highest BCUT2D eigenvalue weighted by atomic mass is 32.2. The van der Waals surface area contributed by atoms with Gasteiger partial charge in [-0.1, -0.05) is 45.1 Å². The number of aryl methyl sites for hydroxylation is 1. The summed E-state index contributed by atoms with van der Waals surface area (Å²) in [4.78, 5) is 1.80. The minimum absolute atomic E-state index is 0.231. The fourth-order valence-corrected chi connectivity index (χ4v) is 4.33. The van der Waals surface area contributed by atoms with Crippen LogP contribution >= 0.6 is 0 Å². The number of rotatable bonds is 7. The molecule has 1 N–H and O–H groups in total. The van der Waals surface area contributed by atoms with Crippen molar-refractivity contribution >= 4 is 10.0 Å². The van der Waals surface area contributed by atoms with Crippen molar-refractivity contribution in [3.8, 4) is 11.4 Å². The van der Waals surface area contributed by atoms with Crippen molar-refractivity contribution in [1.82, 2.24) is 24.9 Å². The van der Waals surface area contributed by atoms with Gasteiger partial charge in [-0.15, -0.1) is 10.2 Å². The second kappa shape index (κ2) is 8.26. The molecule has 1 aromatic heterocycles. The molecule has 1 fully saturated rings. The number of nitrogens with zero attached hydrogens (tertiary/aromatic N) is 4. The minimum atomic E-state index is -3.51. The van der Waals surface area contributed by atoms with Gasteiger partial charge in [0.25, 0.3) is 0 Å². The average Bonchev–Trinajstić information content (AvgIpc) is 3.11. The van der Waals surface area contributed by atoms with Gasteiger partial charge in [-0.3, -0.25) is 0 Å². The van der Waals surface area contributed by atoms with E-state index in [1.165, 1.54) is 39.2 Å². The van der Waals surface area contributed by atoms with Crippen molar-refractivity contribution in [2.75, 3.05) is 7.05 Å². The Morgan fingerprint density at radius 2 is 2.00 bits per heavy atom. The molecule has 142 valence electrons. The zero-order valence-corrected chi connectivity index (χ0v) is 16.3. The Balaban J connectivity index is 1.98. The number of nitrogens with one attached hydrogen (secondary N) is 1. The normalized spacial score (nSPS) is 16.1. The van der Waals surface area contributed by atoms with Crippen molar-refractivity contribution in [3.63, 3.8) is 0 Å². The van der Waals surface area contributed by atoms with Gasteiger partial charge in [0.15, 0.2) is 0 Å². The van der Waals surface area contributed by atoms with Crippen LogP contribution in [0.2, 0.25) is 0 Å². The van der Waals surface area contributed by atoms with Gasteiger partial charge in [0.1, 0.15) is 0 Å². The number of hydrogen-bond donors (Lipinski definition) is 1. The van der Waals surface area contributed by atoms with Crippen LogP contribution in [0.4, 0.5) is 0 Å². The molecule has 8 heteroatoms. The zero-order chi connectivity index (χ0) is 18.6. The molecule has 0 unspecified atom stereocenters. The molecule has 7 nitrogen and oxygen atoms in total. The Morgan fingerprint density at radius 1 is 1.23 bits per heavy atom. The summed E-state index contributed by atoms with van der Waals surface area (Å²) in [6.07, 6.45) is 8.16. The molecule has 1 heterocycles. The highest BCUT2D eigenvalue weighted by Gasteiger charge is 2.21. The Labute approximate surface area is 155 Å². The monoisotopic (exact) mass is 377 g/mol. The van der Waals surface area contributed by atoms with Gasteiger partial charge >= 0.3 is 0 Å².